The molecule has 0 aliphatic rings. The Labute approximate surface area is 129 Å². The smallest absolute Gasteiger partial charge is 0.308 e. The fraction of sp³-hybridized carbons (Fsp3) is 0.467. The summed E-state index contributed by atoms with van der Waals surface area (Å²) in [6.45, 7) is 3.52. The van der Waals surface area contributed by atoms with E-state index in [1.165, 1.54) is 4.90 Å². The van der Waals surface area contributed by atoms with Crippen LogP contribution in [0.2, 0.25) is 5.02 Å². The Morgan fingerprint density at radius 2 is 2.00 bits per heavy atom. The van der Waals surface area contributed by atoms with Crippen molar-refractivity contribution in [1.29, 1.82) is 0 Å². The zero-order valence-electron chi connectivity index (χ0n) is 12.4. The number of hydrogen-bond donors (Lipinski definition) is 1. The monoisotopic (exact) mass is 313 g/mol. The maximum Gasteiger partial charge on any atom is 0.308 e. The number of amides is 1. The van der Waals surface area contributed by atoms with Crippen LogP contribution in [0.1, 0.15) is 20.3 Å². The van der Waals surface area contributed by atoms with E-state index in [1.807, 2.05) is 6.92 Å². The number of likely N-dealkylation sites (N-methyl/N-ethyl adjacent to an activating group) is 1. The van der Waals surface area contributed by atoms with E-state index in [9.17, 15) is 9.59 Å². The van der Waals surface area contributed by atoms with Gasteiger partial charge in [0.25, 0.3) is 5.91 Å². The van der Waals surface area contributed by atoms with Crippen molar-refractivity contribution in [2.75, 3.05) is 13.6 Å². The summed E-state index contributed by atoms with van der Waals surface area (Å²) in [4.78, 5) is 24.5. The lowest BCUT2D eigenvalue weighted by molar-refractivity contribution is -0.144. The Hall–Kier alpha value is -1.75. The molecular formula is C15H20ClNO4. The van der Waals surface area contributed by atoms with Crippen molar-refractivity contribution in [1.82, 2.24) is 4.90 Å². The summed E-state index contributed by atoms with van der Waals surface area (Å²) in [6.07, 6.45) is -0.216. The molecule has 0 bridgehead atoms. The number of carboxylic acids is 1. The van der Waals surface area contributed by atoms with E-state index in [1.54, 1.807) is 38.2 Å². The number of carbonyl (C=O) groups excluding carboxylic acids is 1. The van der Waals surface area contributed by atoms with Crippen LogP contribution in [-0.2, 0) is 9.59 Å². The minimum atomic E-state index is -0.935. The number of hydrogen-bond acceptors (Lipinski definition) is 3. The van der Waals surface area contributed by atoms with E-state index >= 15 is 0 Å². The van der Waals surface area contributed by atoms with Gasteiger partial charge >= 0.3 is 5.97 Å². The first-order chi connectivity index (χ1) is 9.86. The molecule has 6 heteroatoms. The third kappa shape index (κ3) is 4.93. The van der Waals surface area contributed by atoms with Crippen molar-refractivity contribution in [3.63, 3.8) is 0 Å². The molecule has 1 aromatic rings. The molecule has 0 fully saturated rings. The summed E-state index contributed by atoms with van der Waals surface area (Å²) in [7, 11) is 1.57. The van der Waals surface area contributed by atoms with Crippen LogP contribution >= 0.6 is 11.6 Å². The van der Waals surface area contributed by atoms with Gasteiger partial charge in [-0.1, -0.05) is 37.6 Å². The normalized spacial score (nSPS) is 13.3. The largest absolute Gasteiger partial charge is 0.481 e. The lowest BCUT2D eigenvalue weighted by Crippen LogP contribution is -2.42. The molecule has 0 aromatic heterocycles. The van der Waals surface area contributed by atoms with Gasteiger partial charge in [0.1, 0.15) is 5.75 Å². The lowest BCUT2D eigenvalue weighted by atomic mass is 10.1. The van der Waals surface area contributed by atoms with Gasteiger partial charge in [0.2, 0.25) is 0 Å². The second kappa shape index (κ2) is 7.88. The maximum atomic E-state index is 12.3. The predicted molar refractivity (Wildman–Crippen MR) is 80.6 cm³/mol. The number of carboxylic acid groups (broad SMARTS) is 1. The number of halogens is 1. The molecule has 0 spiro atoms. The van der Waals surface area contributed by atoms with Crippen molar-refractivity contribution in [3.8, 4) is 5.75 Å². The fourth-order valence-corrected chi connectivity index (χ4v) is 2.01. The van der Waals surface area contributed by atoms with Crippen LogP contribution < -0.4 is 4.74 Å². The zero-order chi connectivity index (χ0) is 16.0. The average Bonchev–Trinajstić information content (AvgIpc) is 2.45. The van der Waals surface area contributed by atoms with Gasteiger partial charge in [-0.15, -0.1) is 0 Å². The number of benzene rings is 1. The van der Waals surface area contributed by atoms with E-state index in [0.717, 1.165) is 0 Å². The number of aliphatic carboxylic acids is 1. The third-order valence-electron chi connectivity index (χ3n) is 3.10. The van der Waals surface area contributed by atoms with Crippen LogP contribution in [0.25, 0.3) is 0 Å². The van der Waals surface area contributed by atoms with Gasteiger partial charge in [-0.2, -0.15) is 0 Å². The molecule has 0 aliphatic heterocycles. The van der Waals surface area contributed by atoms with Crippen molar-refractivity contribution >= 4 is 23.5 Å². The van der Waals surface area contributed by atoms with Gasteiger partial charge in [0.15, 0.2) is 6.10 Å². The molecule has 0 heterocycles. The molecule has 1 N–H and O–H groups in total. The van der Waals surface area contributed by atoms with Crippen LogP contribution in [0, 0.1) is 5.92 Å². The SMILES string of the molecule is CCC(Oc1ccccc1Cl)C(=O)N(C)CC(C)C(=O)O. The number of carbonyl (C=O) groups is 2. The zero-order valence-corrected chi connectivity index (χ0v) is 13.1. The van der Waals surface area contributed by atoms with Crippen LogP contribution in [0.3, 0.4) is 0 Å². The third-order valence-corrected chi connectivity index (χ3v) is 3.41. The van der Waals surface area contributed by atoms with Gasteiger partial charge < -0.3 is 14.7 Å². The Balaban J connectivity index is 2.73. The van der Waals surface area contributed by atoms with Gasteiger partial charge in [-0.25, -0.2) is 0 Å². The van der Waals surface area contributed by atoms with Crippen LogP contribution in [0.4, 0.5) is 0 Å². The quantitative estimate of drug-likeness (QED) is 0.840. The predicted octanol–water partition coefficient (Wildman–Crippen LogP) is 2.68. The molecule has 0 radical (unpaired) electrons. The first-order valence-corrected chi connectivity index (χ1v) is 7.13. The fourth-order valence-electron chi connectivity index (χ4n) is 1.83. The Bertz CT molecular complexity index is 506. The standard InChI is InChI=1S/C15H20ClNO4/c1-4-12(21-13-8-6-5-7-11(13)16)14(18)17(3)9-10(2)15(19)20/h5-8,10,12H,4,9H2,1-3H3,(H,19,20). The highest BCUT2D eigenvalue weighted by atomic mass is 35.5. The highest BCUT2D eigenvalue weighted by molar-refractivity contribution is 6.32. The highest BCUT2D eigenvalue weighted by Crippen LogP contribution is 2.25. The second-order valence-corrected chi connectivity index (χ2v) is 5.31. The van der Waals surface area contributed by atoms with Crippen molar-refractivity contribution in [3.05, 3.63) is 29.3 Å². The maximum absolute atomic E-state index is 12.3. The average molecular weight is 314 g/mol. The minimum Gasteiger partial charge on any atom is -0.481 e. The van der Waals surface area contributed by atoms with E-state index in [2.05, 4.69) is 0 Å². The number of rotatable bonds is 7. The van der Waals surface area contributed by atoms with Gasteiger partial charge in [-0.3, -0.25) is 9.59 Å². The molecular weight excluding hydrogens is 294 g/mol. The minimum absolute atomic E-state index is 0.135. The molecule has 1 amide bonds. The van der Waals surface area contributed by atoms with Crippen molar-refractivity contribution < 1.29 is 19.4 Å². The summed E-state index contributed by atoms with van der Waals surface area (Å²) in [6, 6.07) is 6.93. The highest BCUT2D eigenvalue weighted by Gasteiger charge is 2.25. The topological polar surface area (TPSA) is 66.8 Å². The second-order valence-electron chi connectivity index (χ2n) is 4.90. The summed E-state index contributed by atoms with van der Waals surface area (Å²) < 4.78 is 5.65. The summed E-state index contributed by atoms with van der Waals surface area (Å²) in [5.41, 5.74) is 0. The molecule has 2 unspecified atom stereocenters. The molecule has 1 rings (SSSR count). The van der Waals surface area contributed by atoms with E-state index in [-0.39, 0.29) is 12.5 Å². The molecule has 116 valence electrons. The van der Waals surface area contributed by atoms with Crippen molar-refractivity contribution in [2.24, 2.45) is 5.92 Å². The molecule has 1 aromatic carbocycles. The van der Waals surface area contributed by atoms with Crippen LogP contribution in [0.5, 0.6) is 5.75 Å². The first-order valence-electron chi connectivity index (χ1n) is 6.75. The van der Waals surface area contributed by atoms with E-state index in [4.69, 9.17) is 21.4 Å². The molecule has 0 saturated carbocycles. The number of ether oxygens (including phenoxy) is 1. The Morgan fingerprint density at radius 3 is 2.52 bits per heavy atom. The number of para-hydroxylation sites is 1. The number of nitrogens with zero attached hydrogens (tertiary/aromatic N) is 1. The van der Waals surface area contributed by atoms with Crippen molar-refractivity contribution in [2.45, 2.75) is 26.4 Å². The van der Waals surface area contributed by atoms with Crippen LogP contribution in [0.15, 0.2) is 24.3 Å². The molecule has 0 saturated heterocycles. The van der Waals surface area contributed by atoms with E-state index < -0.39 is 18.0 Å². The molecule has 2 atom stereocenters. The first kappa shape index (κ1) is 17.3. The molecule has 21 heavy (non-hydrogen) atoms. The lowest BCUT2D eigenvalue weighted by Gasteiger charge is -2.25. The molecule has 5 nitrogen and oxygen atoms in total. The van der Waals surface area contributed by atoms with Crippen LogP contribution in [-0.4, -0.2) is 41.6 Å². The van der Waals surface area contributed by atoms with E-state index in [0.29, 0.717) is 17.2 Å². The van der Waals surface area contributed by atoms with Gasteiger partial charge in [0, 0.05) is 13.6 Å². The van der Waals surface area contributed by atoms with Gasteiger partial charge in [-0.05, 0) is 18.6 Å². The summed E-state index contributed by atoms with van der Waals surface area (Å²) in [5.74, 6) is -1.38. The summed E-state index contributed by atoms with van der Waals surface area (Å²) in [5, 5.41) is 9.33. The van der Waals surface area contributed by atoms with Gasteiger partial charge in [0.05, 0.1) is 10.9 Å². The Kier molecular flexibility index (Phi) is 6.49. The molecule has 0 aliphatic carbocycles. The summed E-state index contributed by atoms with van der Waals surface area (Å²) >= 11 is 6.01. The Morgan fingerprint density at radius 1 is 1.38 bits per heavy atom.